The highest BCUT2D eigenvalue weighted by atomic mass is 16.5. The number of hydrogen-bond donors (Lipinski definition) is 5. The molecule has 1 aliphatic heterocycles. The summed E-state index contributed by atoms with van der Waals surface area (Å²) in [6, 6.07) is 37.8. The number of ether oxygens (including phenoxy) is 1. The van der Waals surface area contributed by atoms with Crippen LogP contribution in [0.4, 0.5) is 4.79 Å². The number of alkyl carbamates (subject to hydrolysis) is 1. The van der Waals surface area contributed by atoms with Gasteiger partial charge in [0.1, 0.15) is 24.2 Å². The third-order valence-corrected chi connectivity index (χ3v) is 10.8. The summed E-state index contributed by atoms with van der Waals surface area (Å²) < 4.78 is 5.74. The van der Waals surface area contributed by atoms with Gasteiger partial charge in [0.05, 0.1) is 6.54 Å². The van der Waals surface area contributed by atoms with Crippen LogP contribution < -0.4 is 26.6 Å². The highest BCUT2D eigenvalue weighted by molar-refractivity contribution is 5.98. The van der Waals surface area contributed by atoms with Crippen molar-refractivity contribution in [1.82, 2.24) is 26.6 Å². The van der Waals surface area contributed by atoms with Crippen molar-refractivity contribution >= 4 is 29.7 Å². The third-order valence-electron chi connectivity index (χ3n) is 10.8. The third kappa shape index (κ3) is 8.94. The lowest BCUT2D eigenvalue weighted by Crippen LogP contribution is -2.64. The Labute approximate surface area is 338 Å². The smallest absolute Gasteiger partial charge is 0.408 e. The molecule has 0 radical (unpaired) electrons. The van der Waals surface area contributed by atoms with Crippen LogP contribution in [0.2, 0.25) is 0 Å². The van der Waals surface area contributed by atoms with E-state index in [0.29, 0.717) is 0 Å². The minimum absolute atomic E-state index is 0.0244. The fraction of sp³-hybridized carbons (Fsp3) is 0.255. The fourth-order valence-electron chi connectivity index (χ4n) is 7.82. The molecule has 0 saturated carbocycles. The molecule has 2 aliphatic rings. The summed E-state index contributed by atoms with van der Waals surface area (Å²) in [5.41, 5.74) is 5.77. The van der Waals surface area contributed by atoms with E-state index in [2.05, 4.69) is 26.6 Å². The van der Waals surface area contributed by atoms with Gasteiger partial charge < -0.3 is 31.3 Å². The highest BCUT2D eigenvalue weighted by Crippen LogP contribution is 2.45. The largest absolute Gasteiger partial charge is 0.445 e. The lowest BCUT2D eigenvalue weighted by Gasteiger charge is -2.32. The molecule has 58 heavy (non-hydrogen) atoms. The summed E-state index contributed by atoms with van der Waals surface area (Å²) in [6.45, 7) is 3.36. The monoisotopic (exact) mass is 777 g/mol. The summed E-state index contributed by atoms with van der Waals surface area (Å²) in [4.78, 5) is 70.4. The molecule has 5 aromatic rings. The van der Waals surface area contributed by atoms with Gasteiger partial charge in [-0.2, -0.15) is 0 Å². The summed E-state index contributed by atoms with van der Waals surface area (Å²) in [7, 11) is 0. The minimum atomic E-state index is -1.62. The summed E-state index contributed by atoms with van der Waals surface area (Å²) in [5.74, 6) is -2.47. The summed E-state index contributed by atoms with van der Waals surface area (Å²) >= 11 is 0. The zero-order valence-electron chi connectivity index (χ0n) is 32.5. The van der Waals surface area contributed by atoms with Crippen LogP contribution in [0.1, 0.15) is 41.7 Å². The Hall–Kier alpha value is -6.75. The Morgan fingerprint density at radius 2 is 1.29 bits per heavy atom. The zero-order valence-corrected chi connectivity index (χ0v) is 32.5. The van der Waals surface area contributed by atoms with Crippen molar-refractivity contribution in [3.63, 3.8) is 0 Å². The van der Waals surface area contributed by atoms with Gasteiger partial charge in [-0.25, -0.2) is 4.79 Å². The predicted octanol–water partition coefficient (Wildman–Crippen LogP) is 5.40. The van der Waals surface area contributed by atoms with Gasteiger partial charge in [-0.15, -0.1) is 0 Å². The Bertz CT molecular complexity index is 2290. The molecule has 5 amide bonds. The maximum atomic E-state index is 15.2. The standard InChI is InChI=1S/C47H47N5O6/c1-30(2)42-44(55)49-28-40(53)48-27-35-24-36(33-19-11-5-12-20-33)37-25-47(26-38(37)41(35)34-21-13-6-14-22-34,52-46(57)58-29-32-17-9-4-10-18-32)45(56)50-39(43(54)51-42)23-31-15-7-3-8-16-31/h3-22,24,30,39,42H,23,25-29H2,1-2H3,(H,48,53)(H,49,55)(H,50,56)(H,51,54)(H,52,57)/t39-,42-,47?/m0/s1. The van der Waals surface area contributed by atoms with Gasteiger partial charge in [0.25, 0.3) is 0 Å². The number of fused-ring (bicyclic) bond motifs is 2. The van der Waals surface area contributed by atoms with E-state index in [4.69, 9.17) is 4.74 Å². The highest BCUT2D eigenvalue weighted by Gasteiger charge is 2.49. The van der Waals surface area contributed by atoms with Crippen molar-refractivity contribution in [3.05, 3.63) is 155 Å². The molecule has 5 N–H and O–H groups in total. The second-order valence-electron chi connectivity index (χ2n) is 15.2. The maximum Gasteiger partial charge on any atom is 0.408 e. The van der Waals surface area contributed by atoms with E-state index >= 15 is 4.79 Å². The molecule has 1 unspecified atom stereocenters. The predicted molar refractivity (Wildman–Crippen MR) is 221 cm³/mol. The average Bonchev–Trinajstić information content (AvgIpc) is 3.63. The first-order valence-corrected chi connectivity index (χ1v) is 19.6. The van der Waals surface area contributed by atoms with Crippen LogP contribution >= 0.6 is 0 Å². The number of amides is 5. The number of nitrogens with one attached hydrogen (secondary N) is 5. The first kappa shape index (κ1) is 39.5. The van der Waals surface area contributed by atoms with E-state index in [1.807, 2.05) is 127 Å². The van der Waals surface area contributed by atoms with Crippen LogP contribution in [0.5, 0.6) is 0 Å². The molecule has 5 aromatic carbocycles. The molecule has 11 nitrogen and oxygen atoms in total. The number of benzene rings is 5. The molecule has 1 aliphatic carbocycles. The van der Waals surface area contributed by atoms with Gasteiger partial charge in [0, 0.05) is 25.8 Å². The molecule has 0 aromatic heterocycles. The second-order valence-corrected chi connectivity index (χ2v) is 15.2. The molecule has 11 heteroatoms. The molecule has 0 fully saturated rings. The molecular weight excluding hydrogens is 731 g/mol. The Kier molecular flexibility index (Phi) is 12.0. The van der Waals surface area contributed by atoms with E-state index in [9.17, 15) is 19.2 Å². The quantitative estimate of drug-likeness (QED) is 0.142. The van der Waals surface area contributed by atoms with Crippen LogP contribution in [0.15, 0.2) is 127 Å². The molecular formula is C47H47N5O6. The Balaban J connectivity index is 1.39. The van der Waals surface area contributed by atoms with Gasteiger partial charge in [-0.1, -0.05) is 135 Å². The van der Waals surface area contributed by atoms with Crippen molar-refractivity contribution < 1.29 is 28.7 Å². The maximum absolute atomic E-state index is 15.2. The van der Waals surface area contributed by atoms with Crippen LogP contribution in [-0.2, 0) is 56.3 Å². The lowest BCUT2D eigenvalue weighted by molar-refractivity contribution is -0.135. The van der Waals surface area contributed by atoms with Crippen molar-refractivity contribution in [2.75, 3.05) is 6.54 Å². The van der Waals surface area contributed by atoms with Crippen molar-refractivity contribution in [2.45, 2.75) is 63.9 Å². The van der Waals surface area contributed by atoms with E-state index < -0.39 is 47.3 Å². The number of rotatable bonds is 8. The molecule has 3 atom stereocenters. The van der Waals surface area contributed by atoms with Crippen molar-refractivity contribution in [2.24, 2.45) is 5.92 Å². The van der Waals surface area contributed by atoms with Gasteiger partial charge in [-0.05, 0) is 62.1 Å². The fourth-order valence-corrected chi connectivity index (χ4v) is 7.82. The van der Waals surface area contributed by atoms with Crippen LogP contribution in [-0.4, -0.2) is 53.9 Å². The van der Waals surface area contributed by atoms with E-state index in [0.717, 1.165) is 50.1 Å². The number of carbonyl (C=O) groups excluding carboxylic acids is 5. The van der Waals surface area contributed by atoms with E-state index in [1.165, 1.54) is 0 Å². The Morgan fingerprint density at radius 1 is 0.707 bits per heavy atom. The van der Waals surface area contributed by atoms with Crippen LogP contribution in [0, 0.1) is 5.92 Å². The summed E-state index contributed by atoms with van der Waals surface area (Å²) in [6.07, 6.45) is -0.575. The zero-order chi connectivity index (χ0) is 40.6. The lowest BCUT2D eigenvalue weighted by atomic mass is 9.86. The van der Waals surface area contributed by atoms with E-state index in [-0.39, 0.29) is 44.9 Å². The van der Waals surface area contributed by atoms with E-state index in [1.54, 1.807) is 13.8 Å². The minimum Gasteiger partial charge on any atom is -0.445 e. The number of hydrogen-bond acceptors (Lipinski definition) is 6. The topological polar surface area (TPSA) is 155 Å². The molecule has 296 valence electrons. The first-order valence-electron chi connectivity index (χ1n) is 19.6. The van der Waals surface area contributed by atoms with Gasteiger partial charge in [0.2, 0.25) is 23.6 Å². The van der Waals surface area contributed by atoms with Crippen molar-refractivity contribution in [1.29, 1.82) is 0 Å². The number of carbonyl (C=O) groups is 5. The van der Waals surface area contributed by atoms with Gasteiger partial charge in [0.15, 0.2) is 0 Å². The van der Waals surface area contributed by atoms with Gasteiger partial charge in [-0.3, -0.25) is 19.2 Å². The molecule has 0 saturated heterocycles. The average molecular weight is 778 g/mol. The summed E-state index contributed by atoms with van der Waals surface area (Å²) in [5, 5.41) is 14.5. The molecule has 0 spiro atoms. The van der Waals surface area contributed by atoms with Crippen LogP contribution in [0.25, 0.3) is 22.3 Å². The molecule has 3 bridgehead atoms. The molecule has 7 rings (SSSR count). The first-order chi connectivity index (χ1) is 28.1. The van der Waals surface area contributed by atoms with Crippen molar-refractivity contribution in [3.8, 4) is 22.3 Å². The molecule has 1 heterocycles. The SMILES string of the molecule is CC(C)[C@@H]1NC(=O)[C@H](Cc2ccccc2)NC(=O)C2(NC(=O)OCc3ccccc3)Cc3c(-c4ccccc4)cc(c(-c4ccccc4)c3C2)CNC(=O)CNC1=O. The second kappa shape index (κ2) is 17.6. The Morgan fingerprint density at radius 3 is 1.93 bits per heavy atom. The van der Waals surface area contributed by atoms with Crippen LogP contribution in [0.3, 0.4) is 0 Å². The normalized spacial score (nSPS) is 19.7. The van der Waals surface area contributed by atoms with Gasteiger partial charge >= 0.3 is 6.09 Å².